The number of fused-ring (bicyclic) bond motifs is 1. The quantitative estimate of drug-likeness (QED) is 0.801. The maximum Gasteiger partial charge on any atom is 0.123 e. The van der Waals surface area contributed by atoms with Crippen molar-refractivity contribution in [1.82, 2.24) is 9.55 Å². The highest BCUT2D eigenvalue weighted by molar-refractivity contribution is 6.31. The molecule has 0 radical (unpaired) electrons. The second-order valence-corrected chi connectivity index (χ2v) is 5.07. The zero-order valence-electron chi connectivity index (χ0n) is 10.6. The van der Waals surface area contributed by atoms with Crippen LogP contribution in [0.25, 0.3) is 11.0 Å². The van der Waals surface area contributed by atoms with Crippen molar-refractivity contribution in [1.29, 1.82) is 0 Å². The van der Waals surface area contributed by atoms with Crippen LogP contribution in [0.4, 0.5) is 4.39 Å². The highest BCUT2D eigenvalue weighted by atomic mass is 35.5. The molecule has 0 aliphatic carbocycles. The molecule has 3 rings (SSSR count). The Morgan fingerprint density at radius 2 is 2.05 bits per heavy atom. The summed E-state index contributed by atoms with van der Waals surface area (Å²) >= 11 is 6.08. The van der Waals surface area contributed by atoms with Gasteiger partial charge in [0.1, 0.15) is 5.82 Å². The Morgan fingerprint density at radius 3 is 2.90 bits per heavy atom. The lowest BCUT2D eigenvalue weighted by molar-refractivity contribution is 0.577. The SMILES string of the molecule is NC(Cn1cnc2ccccc21)c1cc(F)ccc1Cl. The summed E-state index contributed by atoms with van der Waals surface area (Å²) in [6.07, 6.45) is 1.73. The van der Waals surface area contributed by atoms with Gasteiger partial charge in [-0.1, -0.05) is 23.7 Å². The maximum absolute atomic E-state index is 13.3. The summed E-state index contributed by atoms with van der Waals surface area (Å²) in [5, 5.41) is 0.475. The van der Waals surface area contributed by atoms with Gasteiger partial charge in [0.15, 0.2) is 0 Å². The lowest BCUT2D eigenvalue weighted by atomic mass is 10.1. The Kier molecular flexibility index (Phi) is 3.42. The summed E-state index contributed by atoms with van der Waals surface area (Å²) in [5.41, 5.74) is 8.65. The van der Waals surface area contributed by atoms with E-state index in [0.29, 0.717) is 17.1 Å². The van der Waals surface area contributed by atoms with Crippen LogP contribution < -0.4 is 5.73 Å². The molecule has 2 N–H and O–H groups in total. The lowest BCUT2D eigenvalue weighted by Crippen LogP contribution is -2.17. The number of benzene rings is 2. The number of rotatable bonds is 3. The molecule has 0 fully saturated rings. The highest BCUT2D eigenvalue weighted by Gasteiger charge is 2.13. The zero-order valence-corrected chi connectivity index (χ0v) is 11.4. The topological polar surface area (TPSA) is 43.8 Å². The summed E-state index contributed by atoms with van der Waals surface area (Å²) in [6.45, 7) is 0.490. The molecule has 5 heteroatoms. The van der Waals surface area contributed by atoms with E-state index in [4.69, 9.17) is 17.3 Å². The molecular weight excluding hydrogens is 277 g/mol. The van der Waals surface area contributed by atoms with Gasteiger partial charge in [-0.05, 0) is 35.9 Å². The Balaban J connectivity index is 1.92. The minimum absolute atomic E-state index is 0.338. The second-order valence-electron chi connectivity index (χ2n) is 4.66. The Labute approximate surface area is 120 Å². The smallest absolute Gasteiger partial charge is 0.123 e. The molecule has 1 aromatic heterocycles. The first-order valence-corrected chi connectivity index (χ1v) is 6.63. The highest BCUT2D eigenvalue weighted by Crippen LogP contribution is 2.24. The molecule has 0 aliphatic rings. The van der Waals surface area contributed by atoms with E-state index in [1.54, 1.807) is 6.33 Å². The average molecular weight is 290 g/mol. The van der Waals surface area contributed by atoms with Crippen molar-refractivity contribution in [3.8, 4) is 0 Å². The van der Waals surface area contributed by atoms with E-state index in [1.165, 1.54) is 18.2 Å². The first kappa shape index (κ1) is 13.1. The molecule has 0 saturated heterocycles. The largest absolute Gasteiger partial charge is 0.329 e. The third-order valence-corrected chi connectivity index (χ3v) is 3.62. The van der Waals surface area contributed by atoms with Crippen LogP contribution in [0.3, 0.4) is 0 Å². The summed E-state index contributed by atoms with van der Waals surface area (Å²) < 4.78 is 15.3. The number of nitrogens with zero attached hydrogens (tertiary/aromatic N) is 2. The fourth-order valence-electron chi connectivity index (χ4n) is 2.26. The van der Waals surface area contributed by atoms with Gasteiger partial charge in [-0.3, -0.25) is 0 Å². The molecule has 3 nitrogen and oxygen atoms in total. The summed E-state index contributed by atoms with van der Waals surface area (Å²) in [5.74, 6) is -0.338. The summed E-state index contributed by atoms with van der Waals surface area (Å²) in [6, 6.07) is 11.6. The number of para-hydroxylation sites is 2. The first-order chi connectivity index (χ1) is 9.65. The molecule has 102 valence electrons. The maximum atomic E-state index is 13.3. The molecule has 2 aromatic carbocycles. The first-order valence-electron chi connectivity index (χ1n) is 6.25. The van der Waals surface area contributed by atoms with E-state index in [0.717, 1.165) is 11.0 Å². The van der Waals surface area contributed by atoms with Gasteiger partial charge in [0.05, 0.1) is 17.4 Å². The van der Waals surface area contributed by atoms with Gasteiger partial charge < -0.3 is 10.3 Å². The third kappa shape index (κ3) is 2.40. The third-order valence-electron chi connectivity index (χ3n) is 3.28. The van der Waals surface area contributed by atoms with Crippen LogP contribution in [0.1, 0.15) is 11.6 Å². The number of aromatic nitrogens is 2. The Hall–Kier alpha value is -1.91. The van der Waals surface area contributed by atoms with E-state index in [-0.39, 0.29) is 5.82 Å². The number of halogens is 2. The van der Waals surface area contributed by atoms with Crippen LogP contribution in [0.5, 0.6) is 0 Å². The van der Waals surface area contributed by atoms with Crippen molar-refractivity contribution < 1.29 is 4.39 Å². The molecule has 0 bridgehead atoms. The number of imidazole rings is 1. The summed E-state index contributed by atoms with van der Waals surface area (Å²) in [4.78, 5) is 4.31. The van der Waals surface area contributed by atoms with Crippen molar-refractivity contribution in [2.45, 2.75) is 12.6 Å². The Morgan fingerprint density at radius 1 is 1.25 bits per heavy atom. The van der Waals surface area contributed by atoms with Gasteiger partial charge >= 0.3 is 0 Å². The number of hydrogen-bond acceptors (Lipinski definition) is 2. The van der Waals surface area contributed by atoms with E-state index < -0.39 is 6.04 Å². The monoisotopic (exact) mass is 289 g/mol. The van der Waals surface area contributed by atoms with Crippen molar-refractivity contribution in [3.63, 3.8) is 0 Å². The Bertz CT molecular complexity index is 754. The van der Waals surface area contributed by atoms with Gasteiger partial charge in [-0.25, -0.2) is 9.37 Å². The van der Waals surface area contributed by atoms with Gasteiger partial charge in [-0.15, -0.1) is 0 Å². The van der Waals surface area contributed by atoms with Gasteiger partial charge in [-0.2, -0.15) is 0 Å². The molecule has 0 amide bonds. The minimum Gasteiger partial charge on any atom is -0.329 e. The van der Waals surface area contributed by atoms with Crippen LogP contribution in [0.15, 0.2) is 48.8 Å². The van der Waals surface area contributed by atoms with Crippen LogP contribution in [0.2, 0.25) is 5.02 Å². The average Bonchev–Trinajstić information content (AvgIpc) is 2.85. The fraction of sp³-hybridized carbons (Fsp3) is 0.133. The van der Waals surface area contributed by atoms with Gasteiger partial charge in [0, 0.05) is 17.6 Å². The van der Waals surface area contributed by atoms with Gasteiger partial charge in [0.2, 0.25) is 0 Å². The molecule has 0 aliphatic heterocycles. The van der Waals surface area contributed by atoms with Crippen molar-refractivity contribution in [2.24, 2.45) is 5.73 Å². The fourth-order valence-corrected chi connectivity index (χ4v) is 2.52. The van der Waals surface area contributed by atoms with Crippen molar-refractivity contribution in [2.75, 3.05) is 0 Å². The van der Waals surface area contributed by atoms with Crippen LogP contribution >= 0.6 is 11.6 Å². The van der Waals surface area contributed by atoms with Gasteiger partial charge in [0.25, 0.3) is 0 Å². The van der Waals surface area contributed by atoms with Crippen LogP contribution in [-0.4, -0.2) is 9.55 Å². The molecule has 3 aromatic rings. The number of nitrogens with two attached hydrogens (primary N) is 1. The normalized spacial score (nSPS) is 12.8. The molecular formula is C15H13ClFN3. The molecule has 1 heterocycles. The molecule has 0 spiro atoms. The lowest BCUT2D eigenvalue weighted by Gasteiger charge is -2.15. The van der Waals surface area contributed by atoms with Crippen LogP contribution in [0, 0.1) is 5.82 Å². The minimum atomic E-state index is -0.393. The summed E-state index contributed by atoms with van der Waals surface area (Å²) in [7, 11) is 0. The van der Waals surface area contributed by atoms with E-state index in [2.05, 4.69) is 4.98 Å². The van der Waals surface area contributed by atoms with Crippen LogP contribution in [-0.2, 0) is 6.54 Å². The molecule has 1 unspecified atom stereocenters. The van der Waals surface area contributed by atoms with Crippen molar-refractivity contribution in [3.05, 3.63) is 65.2 Å². The predicted octanol–water partition coefficient (Wildman–Crippen LogP) is 3.53. The van der Waals surface area contributed by atoms with E-state index in [1.807, 2.05) is 28.8 Å². The van der Waals surface area contributed by atoms with Crippen molar-refractivity contribution >= 4 is 22.6 Å². The zero-order chi connectivity index (χ0) is 14.1. The van der Waals surface area contributed by atoms with E-state index in [9.17, 15) is 4.39 Å². The van der Waals surface area contributed by atoms with E-state index >= 15 is 0 Å². The second kappa shape index (κ2) is 5.23. The molecule has 1 atom stereocenters. The standard InChI is InChI=1S/C15H13ClFN3/c16-12-6-5-10(17)7-11(12)13(18)8-20-9-19-14-3-1-2-4-15(14)20/h1-7,9,13H,8,18H2. The number of hydrogen-bond donors (Lipinski definition) is 1. The predicted molar refractivity (Wildman–Crippen MR) is 78.1 cm³/mol. The molecule has 20 heavy (non-hydrogen) atoms. The molecule has 0 saturated carbocycles.